The van der Waals surface area contributed by atoms with Gasteiger partial charge in [0.25, 0.3) is 0 Å². The van der Waals surface area contributed by atoms with Crippen LogP contribution < -0.4 is 0 Å². The highest BCUT2D eigenvalue weighted by Gasteiger charge is 1.93. The summed E-state index contributed by atoms with van der Waals surface area (Å²) in [5, 5.41) is 0. The normalized spacial score (nSPS) is 11.5. The number of carbonyl (C=O) groups is 1. The second-order valence-electron chi connectivity index (χ2n) is 5.14. The van der Waals surface area contributed by atoms with Gasteiger partial charge < -0.3 is 4.79 Å². The van der Waals surface area contributed by atoms with Gasteiger partial charge in [-0.25, -0.2) is 0 Å². The highest BCUT2D eigenvalue weighted by Crippen LogP contribution is 2.12. The van der Waals surface area contributed by atoms with E-state index in [9.17, 15) is 4.79 Å². The molecule has 0 fully saturated rings. The largest absolute Gasteiger partial charge is 0.303 e. The fourth-order valence-electron chi connectivity index (χ4n) is 2.21. The topological polar surface area (TPSA) is 17.1 Å². The molecule has 17 heavy (non-hydrogen) atoms. The Labute approximate surface area is 110 Å². The molecule has 0 spiro atoms. The van der Waals surface area contributed by atoms with Gasteiger partial charge in [0.2, 0.25) is 0 Å². The Kier molecular flexibility index (Phi) is 13.6. The molecule has 0 N–H and O–H groups in total. The average molecular weight is 241 g/mol. The van der Waals surface area contributed by atoms with Crippen molar-refractivity contribution < 1.29 is 6.17 Å². The molecule has 0 unspecified atom stereocenters. The molecule has 0 heterocycles. The molecule has 0 aliphatic rings. The van der Waals surface area contributed by atoms with Crippen LogP contribution in [0.5, 0.6) is 0 Å². The molecule has 0 amide bonds. The van der Waals surface area contributed by atoms with Crippen molar-refractivity contribution in [3.05, 3.63) is 0 Å². The maximum Gasteiger partial charge on any atom is 0.119 e. The van der Waals surface area contributed by atoms with Crippen molar-refractivity contribution in [1.29, 1.82) is 0 Å². The van der Waals surface area contributed by atoms with Gasteiger partial charge in [0, 0.05) is 6.42 Å². The lowest BCUT2D eigenvalue weighted by molar-refractivity contribution is -0.107. The average Bonchev–Trinajstić information content (AvgIpc) is 2.34. The summed E-state index contributed by atoms with van der Waals surface area (Å²) in [6.45, 7) is 2.26. The van der Waals surface area contributed by atoms with Gasteiger partial charge in [-0.1, -0.05) is 84.0 Å². The van der Waals surface area contributed by atoms with Crippen LogP contribution >= 0.6 is 0 Å². The van der Waals surface area contributed by atoms with Crippen molar-refractivity contribution in [2.75, 3.05) is 0 Å². The van der Waals surface area contributed by atoms with Crippen LogP contribution in [0.3, 0.4) is 0 Å². The van der Waals surface area contributed by atoms with Crippen LogP contribution in [0.1, 0.15) is 98.2 Å². The van der Waals surface area contributed by atoms with E-state index in [1.807, 2.05) is 0 Å². The van der Waals surface area contributed by atoms with E-state index in [1.54, 1.807) is 0 Å². The van der Waals surface area contributed by atoms with E-state index < -0.39 is 6.26 Å². The molecule has 0 aromatic heterocycles. The van der Waals surface area contributed by atoms with Gasteiger partial charge in [-0.15, -0.1) is 0 Å². The van der Waals surface area contributed by atoms with E-state index in [0.29, 0.717) is 6.42 Å². The SMILES string of the molecule is [2H]C(=O)CCCCCCCCCCCCCCC. The van der Waals surface area contributed by atoms with Crippen LogP contribution in [0.2, 0.25) is 0 Å². The van der Waals surface area contributed by atoms with Gasteiger partial charge in [-0.05, 0) is 6.42 Å². The van der Waals surface area contributed by atoms with Gasteiger partial charge in [0.05, 0.1) is 0 Å². The molecule has 0 saturated heterocycles. The summed E-state index contributed by atoms with van der Waals surface area (Å²) in [6.07, 6.45) is 17.2. The minimum Gasteiger partial charge on any atom is -0.303 e. The Morgan fingerprint density at radius 3 is 1.41 bits per heavy atom. The molecule has 0 atom stereocenters. The number of hydrogen-bond acceptors (Lipinski definition) is 1. The fourth-order valence-corrected chi connectivity index (χ4v) is 2.21. The molecule has 0 bridgehead atoms. The first-order chi connectivity index (χ1) is 8.77. The summed E-state index contributed by atoms with van der Waals surface area (Å²) in [5.41, 5.74) is 0. The number of rotatable bonds is 14. The monoisotopic (exact) mass is 241 g/mol. The van der Waals surface area contributed by atoms with Crippen molar-refractivity contribution in [2.45, 2.75) is 96.8 Å². The molecule has 0 saturated carbocycles. The lowest BCUT2D eigenvalue weighted by Gasteiger charge is -2.02. The van der Waals surface area contributed by atoms with Crippen LogP contribution in [0.15, 0.2) is 0 Å². The van der Waals surface area contributed by atoms with Crippen molar-refractivity contribution in [3.8, 4) is 0 Å². The lowest BCUT2D eigenvalue weighted by Crippen LogP contribution is -1.83. The molecule has 0 aromatic carbocycles. The molecule has 102 valence electrons. The second kappa shape index (κ2) is 15.7. The van der Waals surface area contributed by atoms with Crippen LogP contribution in [-0.2, 0) is 4.79 Å². The Bertz CT molecular complexity index is 180. The lowest BCUT2D eigenvalue weighted by atomic mass is 10.0. The molecular weight excluding hydrogens is 208 g/mol. The minimum absolute atomic E-state index is 0.405. The predicted molar refractivity (Wildman–Crippen MR) is 76.4 cm³/mol. The Morgan fingerprint density at radius 1 is 0.706 bits per heavy atom. The quantitative estimate of drug-likeness (QED) is 0.283. The Balaban J connectivity index is 2.92. The Hall–Kier alpha value is -0.330. The van der Waals surface area contributed by atoms with Gasteiger partial charge in [0.15, 0.2) is 0 Å². The van der Waals surface area contributed by atoms with Crippen LogP contribution in [0.4, 0.5) is 0 Å². The summed E-state index contributed by atoms with van der Waals surface area (Å²) in [6, 6.07) is 0. The molecular formula is C16H32O. The smallest absolute Gasteiger partial charge is 0.119 e. The second-order valence-corrected chi connectivity index (χ2v) is 5.14. The minimum atomic E-state index is -0.405. The first kappa shape index (κ1) is 14.7. The standard InChI is InChI=1S/C16H32O/c1-2-3-4-5-6-7-8-9-10-11-12-13-14-15-16-17/h16H,2-15H2,1H3/i16D. The zero-order chi connectivity index (χ0) is 13.5. The first-order valence-corrected chi connectivity index (χ1v) is 7.76. The summed E-state index contributed by atoms with van der Waals surface area (Å²) < 4.78 is 6.79. The number of carbonyl (C=O) groups excluding carboxylic acids is 1. The van der Waals surface area contributed by atoms with Crippen LogP contribution in [0, 0.1) is 0 Å². The van der Waals surface area contributed by atoms with Crippen molar-refractivity contribution in [2.24, 2.45) is 0 Å². The highest BCUT2D eigenvalue weighted by atomic mass is 16.1. The first-order valence-electron chi connectivity index (χ1n) is 8.26. The third kappa shape index (κ3) is 15.7. The summed E-state index contributed by atoms with van der Waals surface area (Å²) in [7, 11) is 0. The van der Waals surface area contributed by atoms with Gasteiger partial charge in [-0.3, -0.25) is 0 Å². The maximum atomic E-state index is 10.4. The number of hydrogen-bond donors (Lipinski definition) is 0. The highest BCUT2D eigenvalue weighted by molar-refractivity contribution is 5.48. The van der Waals surface area contributed by atoms with Crippen molar-refractivity contribution in [3.63, 3.8) is 0 Å². The Morgan fingerprint density at radius 2 is 1.06 bits per heavy atom. The molecule has 0 rings (SSSR count). The summed E-state index contributed by atoms with van der Waals surface area (Å²) in [4.78, 5) is 10.4. The molecule has 1 nitrogen and oxygen atoms in total. The summed E-state index contributed by atoms with van der Waals surface area (Å²) >= 11 is 0. The predicted octanol–water partition coefficient (Wildman–Crippen LogP) is 5.67. The molecule has 0 aliphatic heterocycles. The number of unbranched alkanes of at least 4 members (excludes halogenated alkanes) is 12. The molecule has 0 aliphatic carbocycles. The fraction of sp³-hybridized carbons (Fsp3) is 0.938. The zero-order valence-corrected chi connectivity index (χ0v) is 11.8. The third-order valence-corrected chi connectivity index (χ3v) is 3.38. The van der Waals surface area contributed by atoms with Crippen molar-refractivity contribution >= 4 is 6.26 Å². The maximum absolute atomic E-state index is 10.4. The molecule has 1 heteroatoms. The third-order valence-electron chi connectivity index (χ3n) is 3.38. The summed E-state index contributed by atoms with van der Waals surface area (Å²) in [5.74, 6) is 0. The van der Waals surface area contributed by atoms with Gasteiger partial charge in [0.1, 0.15) is 7.63 Å². The van der Waals surface area contributed by atoms with Gasteiger partial charge in [-0.2, -0.15) is 0 Å². The number of aldehydes is 1. The van der Waals surface area contributed by atoms with Crippen LogP contribution in [-0.4, -0.2) is 6.26 Å². The molecule has 0 radical (unpaired) electrons. The van der Waals surface area contributed by atoms with Crippen molar-refractivity contribution in [1.82, 2.24) is 0 Å². The zero-order valence-electron chi connectivity index (χ0n) is 12.8. The van der Waals surface area contributed by atoms with E-state index >= 15 is 0 Å². The van der Waals surface area contributed by atoms with Crippen LogP contribution in [0.25, 0.3) is 0 Å². The van der Waals surface area contributed by atoms with Gasteiger partial charge >= 0.3 is 0 Å². The van der Waals surface area contributed by atoms with E-state index in [1.165, 1.54) is 70.6 Å². The van der Waals surface area contributed by atoms with E-state index in [4.69, 9.17) is 1.37 Å². The molecule has 0 aromatic rings. The van der Waals surface area contributed by atoms with E-state index in [0.717, 1.165) is 12.8 Å². The van der Waals surface area contributed by atoms with E-state index in [-0.39, 0.29) is 0 Å². The van der Waals surface area contributed by atoms with E-state index in [2.05, 4.69) is 6.92 Å².